The van der Waals surface area contributed by atoms with Crippen molar-refractivity contribution in [3.63, 3.8) is 0 Å². The maximum atomic E-state index is 12.1. The highest BCUT2D eigenvalue weighted by Gasteiger charge is 2.27. The van der Waals surface area contributed by atoms with Crippen LogP contribution in [-0.2, 0) is 4.79 Å². The summed E-state index contributed by atoms with van der Waals surface area (Å²) in [6, 6.07) is 7.73. The predicted molar refractivity (Wildman–Crippen MR) is 92.9 cm³/mol. The van der Waals surface area contributed by atoms with Crippen molar-refractivity contribution in [3.8, 4) is 5.75 Å². The topological polar surface area (TPSA) is 70.7 Å². The minimum Gasteiger partial charge on any atom is -0.497 e. The molecule has 2 rings (SSSR count). The highest BCUT2D eigenvalue weighted by atomic mass is 16.5. The van der Waals surface area contributed by atoms with Gasteiger partial charge in [0.1, 0.15) is 5.75 Å². The number of rotatable bonds is 6. The maximum absolute atomic E-state index is 12.1. The van der Waals surface area contributed by atoms with E-state index in [0.717, 1.165) is 25.1 Å². The van der Waals surface area contributed by atoms with Gasteiger partial charge >= 0.3 is 6.03 Å². The molecule has 132 valence electrons. The zero-order valence-electron chi connectivity index (χ0n) is 14.7. The van der Waals surface area contributed by atoms with E-state index >= 15 is 0 Å². The third-order valence-electron chi connectivity index (χ3n) is 4.13. The maximum Gasteiger partial charge on any atom is 0.321 e. The molecule has 1 atom stereocenters. The van der Waals surface area contributed by atoms with Crippen LogP contribution < -0.4 is 15.4 Å². The van der Waals surface area contributed by atoms with E-state index in [1.54, 1.807) is 7.11 Å². The molecule has 1 unspecified atom stereocenters. The van der Waals surface area contributed by atoms with E-state index < -0.39 is 6.03 Å². The van der Waals surface area contributed by atoms with Gasteiger partial charge in [-0.1, -0.05) is 26.0 Å². The van der Waals surface area contributed by atoms with E-state index in [1.807, 2.05) is 38.1 Å². The van der Waals surface area contributed by atoms with Crippen LogP contribution in [-0.4, -0.2) is 43.6 Å². The molecule has 0 radical (unpaired) electrons. The molecule has 1 aliphatic heterocycles. The lowest BCUT2D eigenvalue weighted by Gasteiger charge is -2.24. The number of nitrogens with one attached hydrogen (secondary N) is 2. The number of nitrogens with zero attached hydrogens (tertiary/aromatic N) is 1. The van der Waals surface area contributed by atoms with Crippen molar-refractivity contribution in [2.75, 3.05) is 26.7 Å². The summed E-state index contributed by atoms with van der Waals surface area (Å²) in [4.78, 5) is 25.9. The summed E-state index contributed by atoms with van der Waals surface area (Å²) in [6.07, 6.45) is 2.06. The Labute approximate surface area is 143 Å². The second-order valence-corrected chi connectivity index (χ2v) is 6.55. The molecule has 1 aliphatic rings. The number of methoxy groups -OCH3 is 1. The average Bonchev–Trinajstić information content (AvgIpc) is 3.01. The molecule has 0 bridgehead atoms. The predicted octanol–water partition coefficient (Wildman–Crippen LogP) is 2.31. The summed E-state index contributed by atoms with van der Waals surface area (Å²) in [6.45, 7) is 5.65. The number of likely N-dealkylation sites (tertiary alicyclic amines) is 1. The van der Waals surface area contributed by atoms with E-state index in [1.165, 1.54) is 5.56 Å². The van der Waals surface area contributed by atoms with Crippen LogP contribution in [0.5, 0.6) is 5.75 Å². The third kappa shape index (κ3) is 5.23. The Morgan fingerprint density at radius 2 is 2.00 bits per heavy atom. The minimum atomic E-state index is -0.422. The van der Waals surface area contributed by atoms with Crippen molar-refractivity contribution in [1.29, 1.82) is 0 Å². The lowest BCUT2D eigenvalue weighted by Crippen LogP contribution is -2.45. The molecule has 0 aliphatic carbocycles. The van der Waals surface area contributed by atoms with E-state index in [4.69, 9.17) is 4.74 Å². The Hall–Kier alpha value is -2.08. The second-order valence-electron chi connectivity index (χ2n) is 6.55. The number of ether oxygens (including phenoxy) is 1. The summed E-state index contributed by atoms with van der Waals surface area (Å²) < 4.78 is 5.18. The van der Waals surface area contributed by atoms with Gasteiger partial charge in [-0.2, -0.15) is 0 Å². The normalized spacial score (nSPS) is 17.8. The van der Waals surface area contributed by atoms with E-state index in [2.05, 4.69) is 15.5 Å². The van der Waals surface area contributed by atoms with Crippen molar-refractivity contribution in [1.82, 2.24) is 15.5 Å². The van der Waals surface area contributed by atoms with Gasteiger partial charge in [0, 0.05) is 12.6 Å². The first kappa shape index (κ1) is 18.3. The molecule has 1 heterocycles. The molecule has 0 aromatic heterocycles. The van der Waals surface area contributed by atoms with Crippen LogP contribution in [0.25, 0.3) is 0 Å². The molecule has 2 N–H and O–H groups in total. The van der Waals surface area contributed by atoms with Gasteiger partial charge in [-0.15, -0.1) is 0 Å². The Bertz CT molecular complexity index is 557. The standard InChI is InChI=1S/C18H27N3O3/c1-13(2)11-19-18(23)20-17(22)12-21-10-4-5-16(21)14-6-8-15(24-3)9-7-14/h6-9,13,16H,4-5,10-12H2,1-3H3,(H2,19,20,22,23). The van der Waals surface area contributed by atoms with Crippen molar-refractivity contribution in [2.24, 2.45) is 5.92 Å². The first-order chi connectivity index (χ1) is 11.5. The van der Waals surface area contributed by atoms with E-state index in [-0.39, 0.29) is 18.5 Å². The summed E-state index contributed by atoms with van der Waals surface area (Å²) in [5, 5.41) is 5.09. The van der Waals surface area contributed by atoms with Gasteiger partial charge in [0.25, 0.3) is 0 Å². The van der Waals surface area contributed by atoms with E-state index in [0.29, 0.717) is 12.5 Å². The average molecular weight is 333 g/mol. The molecule has 1 aromatic carbocycles. The minimum absolute atomic E-state index is 0.209. The molecule has 3 amide bonds. The number of imide groups is 1. The summed E-state index contributed by atoms with van der Waals surface area (Å²) in [5.41, 5.74) is 1.17. The first-order valence-electron chi connectivity index (χ1n) is 8.45. The molecule has 0 spiro atoms. The fourth-order valence-corrected chi connectivity index (χ4v) is 2.91. The molecule has 1 saturated heterocycles. The van der Waals surface area contributed by atoms with Crippen LogP contribution in [0.1, 0.15) is 38.3 Å². The number of carbonyl (C=O) groups excluding carboxylic acids is 2. The molecule has 0 saturated carbocycles. The van der Waals surface area contributed by atoms with E-state index in [9.17, 15) is 9.59 Å². The number of benzene rings is 1. The monoisotopic (exact) mass is 333 g/mol. The number of hydrogen-bond acceptors (Lipinski definition) is 4. The smallest absolute Gasteiger partial charge is 0.321 e. The number of hydrogen-bond donors (Lipinski definition) is 2. The van der Waals surface area contributed by atoms with Gasteiger partial charge in [-0.25, -0.2) is 4.79 Å². The molecule has 6 heteroatoms. The van der Waals surface area contributed by atoms with Crippen LogP contribution in [0.4, 0.5) is 4.79 Å². The van der Waals surface area contributed by atoms with Crippen LogP contribution in [0.3, 0.4) is 0 Å². The molecule has 1 fully saturated rings. The van der Waals surface area contributed by atoms with Crippen LogP contribution in [0.2, 0.25) is 0 Å². The Morgan fingerprint density at radius 1 is 1.29 bits per heavy atom. The first-order valence-corrected chi connectivity index (χ1v) is 8.45. The fourth-order valence-electron chi connectivity index (χ4n) is 2.91. The third-order valence-corrected chi connectivity index (χ3v) is 4.13. The largest absolute Gasteiger partial charge is 0.497 e. The van der Waals surface area contributed by atoms with Crippen LogP contribution in [0, 0.1) is 5.92 Å². The highest BCUT2D eigenvalue weighted by Crippen LogP contribution is 2.32. The van der Waals surface area contributed by atoms with Crippen LogP contribution >= 0.6 is 0 Å². The summed E-state index contributed by atoms with van der Waals surface area (Å²) in [7, 11) is 1.64. The van der Waals surface area contributed by atoms with Gasteiger partial charge in [0.05, 0.1) is 13.7 Å². The quantitative estimate of drug-likeness (QED) is 0.838. The number of carbonyl (C=O) groups is 2. The molecule has 6 nitrogen and oxygen atoms in total. The second kappa shape index (κ2) is 8.68. The highest BCUT2D eigenvalue weighted by molar-refractivity contribution is 5.95. The Kier molecular flexibility index (Phi) is 6.61. The summed E-state index contributed by atoms with van der Waals surface area (Å²) in [5.74, 6) is 0.906. The Morgan fingerprint density at radius 3 is 2.62 bits per heavy atom. The van der Waals surface area contributed by atoms with Crippen molar-refractivity contribution in [2.45, 2.75) is 32.7 Å². The lowest BCUT2D eigenvalue weighted by atomic mass is 10.0. The Balaban J connectivity index is 1.88. The fraction of sp³-hybridized carbons (Fsp3) is 0.556. The molecular formula is C18H27N3O3. The van der Waals surface area contributed by atoms with Gasteiger partial charge in [0.15, 0.2) is 0 Å². The van der Waals surface area contributed by atoms with Gasteiger partial charge in [-0.3, -0.25) is 15.0 Å². The zero-order valence-corrected chi connectivity index (χ0v) is 14.7. The molecular weight excluding hydrogens is 306 g/mol. The van der Waals surface area contributed by atoms with Crippen molar-refractivity contribution in [3.05, 3.63) is 29.8 Å². The number of amides is 3. The zero-order chi connectivity index (χ0) is 17.5. The molecule has 24 heavy (non-hydrogen) atoms. The van der Waals surface area contributed by atoms with Gasteiger partial charge in [-0.05, 0) is 43.0 Å². The van der Waals surface area contributed by atoms with Gasteiger partial charge < -0.3 is 10.1 Å². The summed E-state index contributed by atoms with van der Waals surface area (Å²) >= 11 is 0. The molecule has 1 aromatic rings. The number of urea groups is 1. The van der Waals surface area contributed by atoms with Crippen molar-refractivity contribution >= 4 is 11.9 Å². The van der Waals surface area contributed by atoms with Crippen molar-refractivity contribution < 1.29 is 14.3 Å². The van der Waals surface area contributed by atoms with Crippen LogP contribution in [0.15, 0.2) is 24.3 Å². The lowest BCUT2D eigenvalue weighted by molar-refractivity contribution is -0.121. The van der Waals surface area contributed by atoms with Gasteiger partial charge in [0.2, 0.25) is 5.91 Å². The SMILES string of the molecule is COc1ccc(C2CCCN2CC(=O)NC(=O)NCC(C)C)cc1.